The number of carbonyl (C=O) groups is 1. The Morgan fingerprint density at radius 3 is 2.74 bits per heavy atom. The number of hydrogen-bond donors (Lipinski definition) is 2. The van der Waals surface area contributed by atoms with Crippen molar-refractivity contribution < 1.29 is 4.79 Å². The molecule has 1 aromatic rings. The zero-order chi connectivity index (χ0) is 13.5. The number of nitrogens with one attached hydrogen (secondary N) is 2. The van der Waals surface area contributed by atoms with Crippen LogP contribution in [-0.4, -0.2) is 12.5 Å². The predicted octanol–water partition coefficient (Wildman–Crippen LogP) is 3.90. The van der Waals surface area contributed by atoms with E-state index in [0.29, 0.717) is 11.6 Å². The van der Waals surface area contributed by atoms with E-state index in [4.69, 9.17) is 11.6 Å². The predicted molar refractivity (Wildman–Crippen MR) is 78.6 cm³/mol. The number of halogens is 1. The zero-order valence-electron chi connectivity index (χ0n) is 11.1. The molecule has 1 saturated carbocycles. The summed E-state index contributed by atoms with van der Waals surface area (Å²) in [7, 11) is 0. The van der Waals surface area contributed by atoms with Gasteiger partial charge in [0.15, 0.2) is 0 Å². The highest BCUT2D eigenvalue weighted by atomic mass is 35.5. The molecule has 3 rings (SSSR count). The van der Waals surface area contributed by atoms with Gasteiger partial charge in [0.25, 0.3) is 0 Å². The van der Waals surface area contributed by atoms with E-state index in [1.807, 2.05) is 18.2 Å². The van der Waals surface area contributed by atoms with E-state index in [9.17, 15) is 4.79 Å². The maximum absolute atomic E-state index is 12.6. The van der Waals surface area contributed by atoms with Crippen LogP contribution in [0.5, 0.6) is 0 Å². The van der Waals surface area contributed by atoms with Crippen molar-refractivity contribution in [1.82, 2.24) is 0 Å². The van der Waals surface area contributed by atoms with Crippen LogP contribution in [0, 0.1) is 11.3 Å². The molecule has 19 heavy (non-hydrogen) atoms. The molecular weight excluding hydrogens is 260 g/mol. The van der Waals surface area contributed by atoms with Crippen LogP contribution in [0.3, 0.4) is 0 Å². The van der Waals surface area contributed by atoms with Crippen molar-refractivity contribution in [2.24, 2.45) is 11.3 Å². The Kier molecular flexibility index (Phi) is 3.17. The maximum Gasteiger partial charge on any atom is 0.232 e. The fourth-order valence-corrected chi connectivity index (χ4v) is 3.26. The van der Waals surface area contributed by atoms with Gasteiger partial charge in [0.05, 0.1) is 16.8 Å². The summed E-state index contributed by atoms with van der Waals surface area (Å²) in [6.45, 7) is 2.97. The van der Waals surface area contributed by atoms with Crippen LogP contribution >= 0.6 is 11.6 Å². The number of fused-ring (bicyclic) bond motifs is 1. The number of anilines is 2. The Hall–Kier alpha value is -1.22. The molecule has 1 aliphatic carbocycles. The average molecular weight is 279 g/mol. The highest BCUT2D eigenvalue weighted by molar-refractivity contribution is 6.31. The molecule has 102 valence electrons. The van der Waals surface area contributed by atoms with Crippen LogP contribution in [0.25, 0.3) is 0 Å². The van der Waals surface area contributed by atoms with Crippen molar-refractivity contribution in [2.75, 3.05) is 17.2 Å². The van der Waals surface area contributed by atoms with E-state index >= 15 is 0 Å². The van der Waals surface area contributed by atoms with E-state index in [-0.39, 0.29) is 11.3 Å². The minimum absolute atomic E-state index is 0.160. The van der Waals surface area contributed by atoms with Gasteiger partial charge in [0, 0.05) is 11.6 Å². The quantitative estimate of drug-likeness (QED) is 0.756. The molecule has 1 fully saturated rings. The van der Waals surface area contributed by atoms with Crippen molar-refractivity contribution in [3.8, 4) is 0 Å². The third kappa shape index (κ3) is 2.32. The van der Waals surface area contributed by atoms with Gasteiger partial charge in [-0.3, -0.25) is 4.79 Å². The van der Waals surface area contributed by atoms with Gasteiger partial charge < -0.3 is 10.6 Å². The fourth-order valence-electron chi connectivity index (χ4n) is 3.09. The molecule has 2 N–H and O–H groups in total. The molecule has 0 unspecified atom stereocenters. The first kappa shape index (κ1) is 12.8. The molecular formula is C15H19ClN2O. The maximum atomic E-state index is 12.6. The Bertz CT molecular complexity index is 507. The lowest BCUT2D eigenvalue weighted by Gasteiger charge is -2.36. The molecule has 1 aromatic carbocycles. The summed E-state index contributed by atoms with van der Waals surface area (Å²) in [5.41, 5.74) is 1.51. The summed E-state index contributed by atoms with van der Waals surface area (Å²) in [6, 6.07) is 5.55. The summed E-state index contributed by atoms with van der Waals surface area (Å²) in [6.07, 6.45) is 4.20. The van der Waals surface area contributed by atoms with Gasteiger partial charge in [0.1, 0.15) is 0 Å². The normalized spacial score (nSPS) is 30.2. The molecule has 1 aliphatic heterocycles. The third-order valence-electron chi connectivity index (χ3n) is 4.56. The smallest absolute Gasteiger partial charge is 0.232 e. The lowest BCUT2D eigenvalue weighted by atomic mass is 9.70. The Morgan fingerprint density at radius 1 is 1.26 bits per heavy atom. The van der Waals surface area contributed by atoms with Gasteiger partial charge >= 0.3 is 0 Å². The van der Waals surface area contributed by atoms with Gasteiger partial charge in [0.2, 0.25) is 5.91 Å². The molecule has 1 amide bonds. The molecule has 0 aromatic heterocycles. The molecule has 2 aliphatic rings. The molecule has 3 nitrogen and oxygen atoms in total. The molecule has 1 spiro atoms. The van der Waals surface area contributed by atoms with Gasteiger partial charge in [-0.1, -0.05) is 18.5 Å². The second kappa shape index (κ2) is 4.71. The number of carbonyl (C=O) groups excluding carboxylic acids is 1. The Labute approximate surface area is 118 Å². The minimum atomic E-state index is -0.252. The zero-order valence-corrected chi connectivity index (χ0v) is 11.9. The van der Waals surface area contributed by atoms with Crippen LogP contribution in [0.15, 0.2) is 18.2 Å². The van der Waals surface area contributed by atoms with Gasteiger partial charge in [-0.25, -0.2) is 0 Å². The van der Waals surface area contributed by atoms with Crippen LogP contribution in [0.1, 0.15) is 32.6 Å². The molecule has 0 saturated heterocycles. The summed E-state index contributed by atoms with van der Waals surface area (Å²) < 4.78 is 0. The van der Waals surface area contributed by atoms with E-state index in [2.05, 4.69) is 17.6 Å². The highest BCUT2D eigenvalue weighted by Gasteiger charge is 2.42. The van der Waals surface area contributed by atoms with E-state index in [0.717, 1.165) is 43.0 Å². The topological polar surface area (TPSA) is 41.1 Å². The van der Waals surface area contributed by atoms with E-state index in [1.54, 1.807) is 0 Å². The Balaban J connectivity index is 1.88. The summed E-state index contributed by atoms with van der Waals surface area (Å²) in [5.74, 6) is 0.895. The van der Waals surface area contributed by atoms with Crippen molar-refractivity contribution in [2.45, 2.75) is 32.6 Å². The van der Waals surface area contributed by atoms with Gasteiger partial charge in [-0.15, -0.1) is 0 Å². The molecule has 0 atom stereocenters. The monoisotopic (exact) mass is 278 g/mol. The van der Waals surface area contributed by atoms with Gasteiger partial charge in [-0.2, -0.15) is 0 Å². The standard InChI is InChI=1S/C15H19ClN2O/c1-10-4-6-15(7-5-10)9-17-13-8-11(16)2-3-12(13)18-14(15)19/h2-3,8,10,17H,4-7,9H2,1H3,(H,18,19). The van der Waals surface area contributed by atoms with Crippen LogP contribution in [-0.2, 0) is 4.79 Å². The molecule has 0 bridgehead atoms. The number of rotatable bonds is 0. The fraction of sp³-hybridized carbons (Fsp3) is 0.533. The first-order valence-corrected chi connectivity index (χ1v) is 7.32. The number of hydrogen-bond acceptors (Lipinski definition) is 2. The summed E-state index contributed by atoms with van der Waals surface area (Å²) in [4.78, 5) is 12.6. The largest absolute Gasteiger partial charge is 0.382 e. The first-order chi connectivity index (χ1) is 9.09. The van der Waals surface area contributed by atoms with Crippen LogP contribution in [0.4, 0.5) is 11.4 Å². The van der Waals surface area contributed by atoms with Crippen LogP contribution < -0.4 is 10.6 Å². The van der Waals surface area contributed by atoms with E-state index in [1.165, 1.54) is 0 Å². The van der Waals surface area contributed by atoms with E-state index < -0.39 is 0 Å². The summed E-state index contributed by atoms with van der Waals surface area (Å²) in [5, 5.41) is 7.16. The number of benzene rings is 1. The molecule has 0 radical (unpaired) electrons. The van der Waals surface area contributed by atoms with Crippen molar-refractivity contribution in [3.05, 3.63) is 23.2 Å². The lowest BCUT2D eigenvalue weighted by Crippen LogP contribution is -2.42. The van der Waals surface area contributed by atoms with Crippen molar-refractivity contribution in [1.29, 1.82) is 0 Å². The number of amides is 1. The van der Waals surface area contributed by atoms with Crippen molar-refractivity contribution in [3.63, 3.8) is 0 Å². The first-order valence-electron chi connectivity index (χ1n) is 6.94. The third-order valence-corrected chi connectivity index (χ3v) is 4.80. The van der Waals surface area contributed by atoms with Gasteiger partial charge in [-0.05, 0) is 49.8 Å². The second-order valence-electron chi connectivity index (χ2n) is 5.96. The van der Waals surface area contributed by atoms with Crippen molar-refractivity contribution >= 4 is 28.9 Å². The van der Waals surface area contributed by atoms with Crippen LogP contribution in [0.2, 0.25) is 5.02 Å². The SMILES string of the molecule is CC1CCC2(CC1)CNc1cc(Cl)ccc1NC2=O. The minimum Gasteiger partial charge on any atom is -0.382 e. The lowest BCUT2D eigenvalue weighted by molar-refractivity contribution is -0.126. The Morgan fingerprint density at radius 2 is 2.00 bits per heavy atom. The molecule has 4 heteroatoms. The second-order valence-corrected chi connectivity index (χ2v) is 6.40. The molecule has 1 heterocycles. The average Bonchev–Trinajstić information content (AvgIpc) is 2.52. The summed E-state index contributed by atoms with van der Waals surface area (Å²) >= 11 is 6.01. The highest BCUT2D eigenvalue weighted by Crippen LogP contribution is 2.42.